The van der Waals surface area contributed by atoms with Crippen LogP contribution in [0.2, 0.25) is 5.02 Å². The van der Waals surface area contributed by atoms with E-state index in [-0.39, 0.29) is 5.78 Å². The standard InChI is InChI=1S/C18H14ClNO/c1-2-12-7-9-13(10-8-12)18(21)15-11-20-16-6-4-3-5-14(16)17(15)19/h3-11H,2H2,1H3. The number of aromatic nitrogens is 1. The molecule has 3 heteroatoms. The van der Waals surface area contributed by atoms with Gasteiger partial charge in [0, 0.05) is 17.1 Å². The van der Waals surface area contributed by atoms with Gasteiger partial charge in [-0.3, -0.25) is 9.78 Å². The Morgan fingerprint density at radius 2 is 1.81 bits per heavy atom. The summed E-state index contributed by atoms with van der Waals surface area (Å²) in [6.07, 6.45) is 2.51. The van der Waals surface area contributed by atoms with Gasteiger partial charge in [0.25, 0.3) is 0 Å². The number of hydrogen-bond donors (Lipinski definition) is 0. The molecule has 3 rings (SSSR count). The number of carbonyl (C=O) groups is 1. The third kappa shape index (κ3) is 2.55. The number of hydrogen-bond acceptors (Lipinski definition) is 2. The summed E-state index contributed by atoms with van der Waals surface area (Å²) in [5.74, 6) is -0.0964. The topological polar surface area (TPSA) is 30.0 Å². The van der Waals surface area contributed by atoms with Crippen molar-refractivity contribution < 1.29 is 4.79 Å². The molecule has 3 aromatic rings. The summed E-state index contributed by atoms with van der Waals surface area (Å²) in [5.41, 5.74) is 3.07. The summed E-state index contributed by atoms with van der Waals surface area (Å²) in [7, 11) is 0. The predicted octanol–water partition coefficient (Wildman–Crippen LogP) is 4.68. The molecule has 0 radical (unpaired) electrons. The van der Waals surface area contributed by atoms with Crippen LogP contribution in [0.3, 0.4) is 0 Å². The van der Waals surface area contributed by atoms with Crippen molar-refractivity contribution in [2.75, 3.05) is 0 Å². The van der Waals surface area contributed by atoms with E-state index in [9.17, 15) is 4.79 Å². The Kier molecular flexibility index (Phi) is 3.72. The van der Waals surface area contributed by atoms with Crippen LogP contribution in [0, 0.1) is 0 Å². The molecule has 0 amide bonds. The molecule has 0 aliphatic carbocycles. The minimum Gasteiger partial charge on any atom is -0.288 e. The smallest absolute Gasteiger partial charge is 0.196 e. The molecule has 1 aromatic heterocycles. The lowest BCUT2D eigenvalue weighted by Gasteiger charge is -2.07. The van der Waals surface area contributed by atoms with Gasteiger partial charge in [-0.25, -0.2) is 0 Å². The van der Waals surface area contributed by atoms with Crippen LogP contribution >= 0.6 is 11.6 Å². The maximum atomic E-state index is 12.6. The second-order valence-corrected chi connectivity index (χ2v) is 5.26. The summed E-state index contributed by atoms with van der Waals surface area (Å²) in [6, 6.07) is 15.2. The average molecular weight is 296 g/mol. The highest BCUT2D eigenvalue weighted by atomic mass is 35.5. The van der Waals surface area contributed by atoms with Crippen LogP contribution in [0.25, 0.3) is 10.9 Å². The number of halogens is 1. The lowest BCUT2D eigenvalue weighted by atomic mass is 10.0. The first-order chi connectivity index (χ1) is 10.2. The number of fused-ring (bicyclic) bond motifs is 1. The fourth-order valence-electron chi connectivity index (χ4n) is 2.31. The molecule has 0 unspecified atom stereocenters. The Labute approximate surface area is 128 Å². The monoisotopic (exact) mass is 295 g/mol. The van der Waals surface area contributed by atoms with Gasteiger partial charge < -0.3 is 0 Å². The fraction of sp³-hybridized carbons (Fsp3) is 0.111. The van der Waals surface area contributed by atoms with E-state index in [1.54, 1.807) is 6.20 Å². The summed E-state index contributed by atoms with van der Waals surface area (Å²) in [6.45, 7) is 2.08. The minimum absolute atomic E-state index is 0.0964. The zero-order valence-electron chi connectivity index (χ0n) is 11.6. The van der Waals surface area contributed by atoms with Crippen LogP contribution in [0.5, 0.6) is 0 Å². The summed E-state index contributed by atoms with van der Waals surface area (Å²) in [5, 5.41) is 1.26. The van der Waals surface area contributed by atoms with Gasteiger partial charge in [-0.15, -0.1) is 0 Å². The molecule has 2 aromatic carbocycles. The van der Waals surface area contributed by atoms with Crippen LogP contribution in [-0.2, 0) is 6.42 Å². The zero-order chi connectivity index (χ0) is 14.8. The van der Waals surface area contributed by atoms with Crippen molar-refractivity contribution in [1.29, 1.82) is 0 Å². The van der Waals surface area contributed by atoms with Crippen molar-refractivity contribution >= 4 is 28.3 Å². The Morgan fingerprint density at radius 3 is 2.52 bits per heavy atom. The number of carbonyl (C=O) groups excluding carboxylic acids is 1. The number of pyridine rings is 1. The van der Waals surface area contributed by atoms with Crippen LogP contribution in [0.1, 0.15) is 28.4 Å². The highest BCUT2D eigenvalue weighted by Gasteiger charge is 2.15. The van der Waals surface area contributed by atoms with Gasteiger partial charge in [0.05, 0.1) is 16.1 Å². The van der Waals surface area contributed by atoms with E-state index >= 15 is 0 Å². The molecule has 21 heavy (non-hydrogen) atoms. The molecule has 104 valence electrons. The first-order valence-electron chi connectivity index (χ1n) is 6.87. The Bertz CT molecular complexity index is 809. The molecule has 0 bridgehead atoms. The molecular formula is C18H14ClNO. The van der Waals surface area contributed by atoms with Crippen molar-refractivity contribution in [2.45, 2.75) is 13.3 Å². The second-order valence-electron chi connectivity index (χ2n) is 4.88. The quantitative estimate of drug-likeness (QED) is 0.657. The molecule has 2 nitrogen and oxygen atoms in total. The molecule has 0 saturated carbocycles. The number of ketones is 1. The summed E-state index contributed by atoms with van der Waals surface area (Å²) >= 11 is 6.38. The van der Waals surface area contributed by atoms with Gasteiger partial charge in [0.2, 0.25) is 0 Å². The van der Waals surface area contributed by atoms with E-state index in [0.29, 0.717) is 16.1 Å². The van der Waals surface area contributed by atoms with Crippen molar-refractivity contribution in [3.63, 3.8) is 0 Å². The van der Waals surface area contributed by atoms with E-state index in [2.05, 4.69) is 11.9 Å². The van der Waals surface area contributed by atoms with Crippen molar-refractivity contribution in [1.82, 2.24) is 4.98 Å². The first kappa shape index (κ1) is 13.8. The fourth-order valence-corrected chi connectivity index (χ4v) is 2.61. The van der Waals surface area contributed by atoms with Crippen molar-refractivity contribution in [2.24, 2.45) is 0 Å². The molecule has 1 heterocycles. The van der Waals surface area contributed by atoms with Gasteiger partial charge in [-0.2, -0.15) is 0 Å². The number of aryl methyl sites for hydroxylation is 1. The van der Waals surface area contributed by atoms with Crippen LogP contribution in [-0.4, -0.2) is 10.8 Å². The van der Waals surface area contributed by atoms with Crippen molar-refractivity contribution in [3.8, 4) is 0 Å². The number of para-hydroxylation sites is 1. The minimum atomic E-state index is -0.0964. The highest BCUT2D eigenvalue weighted by molar-refractivity contribution is 6.39. The van der Waals surface area contributed by atoms with E-state index in [1.807, 2.05) is 48.5 Å². The maximum Gasteiger partial charge on any atom is 0.196 e. The average Bonchev–Trinajstić information content (AvgIpc) is 2.55. The Morgan fingerprint density at radius 1 is 1.10 bits per heavy atom. The summed E-state index contributed by atoms with van der Waals surface area (Å²) < 4.78 is 0. The van der Waals surface area contributed by atoms with E-state index in [1.165, 1.54) is 5.56 Å². The van der Waals surface area contributed by atoms with E-state index in [4.69, 9.17) is 11.6 Å². The molecular weight excluding hydrogens is 282 g/mol. The van der Waals surface area contributed by atoms with Gasteiger partial charge in [-0.05, 0) is 18.1 Å². The normalized spacial score (nSPS) is 10.8. The first-order valence-corrected chi connectivity index (χ1v) is 7.25. The van der Waals surface area contributed by atoms with E-state index in [0.717, 1.165) is 17.3 Å². The van der Waals surface area contributed by atoms with Crippen LogP contribution < -0.4 is 0 Å². The zero-order valence-corrected chi connectivity index (χ0v) is 12.4. The van der Waals surface area contributed by atoms with E-state index < -0.39 is 0 Å². The maximum absolute atomic E-state index is 12.6. The lowest BCUT2D eigenvalue weighted by molar-refractivity contribution is 0.103. The molecule has 0 atom stereocenters. The van der Waals surface area contributed by atoms with Gasteiger partial charge in [0.15, 0.2) is 5.78 Å². The largest absolute Gasteiger partial charge is 0.288 e. The lowest BCUT2D eigenvalue weighted by Crippen LogP contribution is -2.03. The second kappa shape index (κ2) is 5.66. The van der Waals surface area contributed by atoms with Crippen LogP contribution in [0.15, 0.2) is 54.7 Å². The third-order valence-corrected chi connectivity index (χ3v) is 3.99. The van der Waals surface area contributed by atoms with Gasteiger partial charge in [0.1, 0.15) is 0 Å². The SMILES string of the molecule is CCc1ccc(C(=O)c2cnc3ccccc3c2Cl)cc1. The summed E-state index contributed by atoms with van der Waals surface area (Å²) in [4.78, 5) is 16.9. The molecule has 0 fully saturated rings. The molecule has 0 aliphatic rings. The molecule has 0 N–H and O–H groups in total. The number of nitrogens with zero attached hydrogens (tertiary/aromatic N) is 1. The Hall–Kier alpha value is -2.19. The third-order valence-electron chi connectivity index (χ3n) is 3.58. The molecule has 0 aliphatic heterocycles. The Balaban J connectivity index is 2.06. The molecule has 0 saturated heterocycles. The highest BCUT2D eigenvalue weighted by Crippen LogP contribution is 2.27. The number of benzene rings is 2. The van der Waals surface area contributed by atoms with Gasteiger partial charge in [-0.1, -0.05) is 61.0 Å². The molecule has 0 spiro atoms. The van der Waals surface area contributed by atoms with Gasteiger partial charge >= 0.3 is 0 Å². The van der Waals surface area contributed by atoms with Crippen molar-refractivity contribution in [3.05, 3.63) is 76.4 Å². The predicted molar refractivity (Wildman–Crippen MR) is 86.0 cm³/mol. The van der Waals surface area contributed by atoms with Crippen LogP contribution in [0.4, 0.5) is 0 Å². The number of rotatable bonds is 3.